The largest absolute Gasteiger partial charge is 0.390 e. The molecule has 1 spiro atoms. The van der Waals surface area contributed by atoms with E-state index in [0.717, 1.165) is 11.1 Å². The van der Waals surface area contributed by atoms with Crippen molar-refractivity contribution in [2.24, 2.45) is 5.73 Å². The normalized spacial score (nSPS) is 23.1. The summed E-state index contributed by atoms with van der Waals surface area (Å²) in [4.78, 5) is 14.8. The van der Waals surface area contributed by atoms with Gasteiger partial charge in [-0.15, -0.1) is 5.10 Å². The second kappa shape index (κ2) is 6.21. The zero-order valence-electron chi connectivity index (χ0n) is 15.1. The van der Waals surface area contributed by atoms with Crippen LogP contribution in [0.2, 0.25) is 0 Å². The molecule has 3 heterocycles. The van der Waals surface area contributed by atoms with E-state index < -0.39 is 17.6 Å². The molecule has 1 saturated heterocycles. The number of aliphatic hydroxyl groups is 1. The summed E-state index contributed by atoms with van der Waals surface area (Å²) in [5, 5.41) is 28.7. The Morgan fingerprint density at radius 1 is 1.29 bits per heavy atom. The lowest BCUT2D eigenvalue weighted by Gasteiger charge is -2.42. The number of nitrogens with two attached hydrogens (primary N) is 1. The Bertz CT molecular complexity index is 1010. The molecule has 2 aliphatic rings. The van der Waals surface area contributed by atoms with Crippen LogP contribution in [0.1, 0.15) is 40.4 Å². The molecule has 5 rings (SSSR count). The number of nitrogens with one attached hydrogen (secondary N) is 1. The molecule has 2 atom stereocenters. The van der Waals surface area contributed by atoms with Gasteiger partial charge >= 0.3 is 0 Å². The molecule has 1 fully saturated rings. The van der Waals surface area contributed by atoms with Gasteiger partial charge in [-0.3, -0.25) is 9.89 Å². The fourth-order valence-corrected chi connectivity index (χ4v) is 4.63. The average Bonchev–Trinajstić information content (AvgIpc) is 3.46. The van der Waals surface area contributed by atoms with E-state index >= 15 is 0 Å². The number of fused-ring (bicyclic) bond motifs is 2. The standard InChI is InChI=1S/C18H20N8O2/c19-14-11-3-1-2-4-13(11)18(15(14)27)5-7-25(8-6-18)17(28)12-9-20-22-16(12)26-10-21-23-24-26/h1-4,9-10,14-15,27H,5-8,19H2,(H,20,22)/t14-,15+/m1/s1. The lowest BCUT2D eigenvalue weighted by Crippen LogP contribution is -2.50. The predicted octanol–water partition coefficient (Wildman–Crippen LogP) is -0.0663. The number of rotatable bonds is 2. The smallest absolute Gasteiger partial charge is 0.259 e. The van der Waals surface area contributed by atoms with Crippen molar-refractivity contribution in [2.75, 3.05) is 13.1 Å². The fourth-order valence-electron chi connectivity index (χ4n) is 4.63. The van der Waals surface area contributed by atoms with Gasteiger partial charge in [0.2, 0.25) is 0 Å². The van der Waals surface area contributed by atoms with Crippen LogP contribution in [0.25, 0.3) is 5.82 Å². The number of likely N-dealkylation sites (tertiary alicyclic amines) is 1. The number of hydrogen-bond donors (Lipinski definition) is 3. The molecule has 28 heavy (non-hydrogen) atoms. The zero-order chi connectivity index (χ0) is 19.3. The van der Waals surface area contributed by atoms with Crippen molar-refractivity contribution in [3.8, 4) is 5.82 Å². The van der Waals surface area contributed by atoms with Gasteiger partial charge in [0.1, 0.15) is 11.9 Å². The number of carbonyl (C=O) groups excluding carboxylic acids is 1. The molecule has 1 aliphatic heterocycles. The van der Waals surface area contributed by atoms with Crippen LogP contribution >= 0.6 is 0 Å². The Hall–Kier alpha value is -3.11. The van der Waals surface area contributed by atoms with Gasteiger partial charge in [0.25, 0.3) is 5.91 Å². The summed E-state index contributed by atoms with van der Waals surface area (Å²) in [6.07, 6.45) is 3.56. The second-order valence-corrected chi connectivity index (χ2v) is 7.39. The Morgan fingerprint density at radius 3 is 2.82 bits per heavy atom. The van der Waals surface area contributed by atoms with Gasteiger partial charge in [0, 0.05) is 18.5 Å². The number of aliphatic hydroxyl groups excluding tert-OH is 1. The topological polar surface area (TPSA) is 139 Å². The molecule has 0 saturated carbocycles. The van der Waals surface area contributed by atoms with Gasteiger partial charge in [-0.25, -0.2) is 0 Å². The number of piperidine rings is 1. The maximum Gasteiger partial charge on any atom is 0.259 e. The Kier molecular flexibility index (Phi) is 3.78. The number of hydrogen-bond acceptors (Lipinski definition) is 7. The van der Waals surface area contributed by atoms with Crippen LogP contribution in [-0.2, 0) is 5.41 Å². The van der Waals surface area contributed by atoms with Crippen molar-refractivity contribution >= 4 is 5.91 Å². The monoisotopic (exact) mass is 380 g/mol. The second-order valence-electron chi connectivity index (χ2n) is 7.39. The highest BCUT2D eigenvalue weighted by molar-refractivity contribution is 5.97. The van der Waals surface area contributed by atoms with Crippen LogP contribution in [0, 0.1) is 0 Å². The minimum Gasteiger partial charge on any atom is -0.390 e. The number of carbonyl (C=O) groups is 1. The van der Waals surface area contributed by atoms with Crippen LogP contribution in [0.3, 0.4) is 0 Å². The van der Waals surface area contributed by atoms with E-state index in [1.807, 2.05) is 18.2 Å². The first-order valence-corrected chi connectivity index (χ1v) is 9.21. The number of nitrogens with zero attached hydrogens (tertiary/aromatic N) is 6. The third-order valence-electron chi connectivity index (χ3n) is 6.13. The van der Waals surface area contributed by atoms with Gasteiger partial charge in [-0.1, -0.05) is 24.3 Å². The number of tetrazole rings is 1. The van der Waals surface area contributed by atoms with E-state index in [4.69, 9.17) is 5.73 Å². The number of H-pyrrole nitrogens is 1. The third-order valence-corrected chi connectivity index (χ3v) is 6.13. The van der Waals surface area contributed by atoms with E-state index in [9.17, 15) is 9.90 Å². The zero-order valence-corrected chi connectivity index (χ0v) is 15.1. The maximum absolute atomic E-state index is 13.1. The number of aromatic nitrogens is 6. The molecule has 0 unspecified atom stereocenters. The van der Waals surface area contributed by atoms with E-state index in [1.165, 1.54) is 17.2 Å². The number of aromatic amines is 1. The van der Waals surface area contributed by atoms with Gasteiger partial charge in [0.05, 0.1) is 18.3 Å². The quantitative estimate of drug-likeness (QED) is 0.566. The van der Waals surface area contributed by atoms with Gasteiger partial charge < -0.3 is 15.7 Å². The molecule has 1 aliphatic carbocycles. The van der Waals surface area contributed by atoms with Crippen molar-refractivity contribution in [2.45, 2.75) is 30.4 Å². The first-order valence-electron chi connectivity index (χ1n) is 9.21. The summed E-state index contributed by atoms with van der Waals surface area (Å²) in [6.45, 7) is 1.05. The molecule has 0 bridgehead atoms. The lowest BCUT2D eigenvalue weighted by molar-refractivity contribution is 0.0262. The maximum atomic E-state index is 13.1. The fraction of sp³-hybridized carbons (Fsp3) is 0.389. The van der Waals surface area contributed by atoms with Crippen LogP contribution in [0.15, 0.2) is 36.8 Å². The van der Waals surface area contributed by atoms with Crippen molar-refractivity contribution in [1.82, 2.24) is 35.3 Å². The lowest BCUT2D eigenvalue weighted by atomic mass is 9.72. The number of benzene rings is 1. The average molecular weight is 380 g/mol. The summed E-state index contributed by atoms with van der Waals surface area (Å²) in [6, 6.07) is 7.57. The Morgan fingerprint density at radius 2 is 2.07 bits per heavy atom. The Balaban J connectivity index is 1.39. The molecule has 144 valence electrons. The molecule has 4 N–H and O–H groups in total. The Labute approximate surface area is 160 Å². The van der Waals surface area contributed by atoms with Gasteiger partial charge in [-0.2, -0.15) is 9.78 Å². The van der Waals surface area contributed by atoms with Crippen LogP contribution in [-0.4, -0.2) is 65.5 Å². The molecule has 10 nitrogen and oxygen atoms in total. The van der Waals surface area contributed by atoms with Crippen molar-refractivity contribution < 1.29 is 9.90 Å². The number of amides is 1. The first kappa shape index (κ1) is 17.0. The summed E-state index contributed by atoms with van der Waals surface area (Å²) in [5.74, 6) is 0.294. The summed E-state index contributed by atoms with van der Waals surface area (Å²) >= 11 is 0. The molecule has 1 amide bonds. The van der Waals surface area contributed by atoms with Crippen molar-refractivity contribution in [3.05, 3.63) is 53.5 Å². The summed E-state index contributed by atoms with van der Waals surface area (Å²) in [7, 11) is 0. The molecule has 1 aromatic carbocycles. The SMILES string of the molecule is N[C@@H]1c2ccccc2C2(CCN(C(=O)c3cn[nH]c3-n3cnnn3)CC2)[C@H]1O. The minimum absolute atomic E-state index is 0.140. The minimum atomic E-state index is -0.645. The molecular weight excluding hydrogens is 360 g/mol. The van der Waals surface area contributed by atoms with Gasteiger partial charge in [0.15, 0.2) is 5.82 Å². The van der Waals surface area contributed by atoms with E-state index in [2.05, 4.69) is 31.8 Å². The predicted molar refractivity (Wildman–Crippen MR) is 97.5 cm³/mol. The molecule has 0 radical (unpaired) electrons. The van der Waals surface area contributed by atoms with Crippen molar-refractivity contribution in [3.63, 3.8) is 0 Å². The molecular formula is C18H20N8O2. The highest BCUT2D eigenvalue weighted by Gasteiger charge is 2.51. The van der Waals surface area contributed by atoms with Crippen LogP contribution in [0.5, 0.6) is 0 Å². The van der Waals surface area contributed by atoms with Crippen LogP contribution < -0.4 is 5.73 Å². The van der Waals surface area contributed by atoms with Crippen LogP contribution in [0.4, 0.5) is 0 Å². The van der Waals surface area contributed by atoms with Gasteiger partial charge in [-0.05, 0) is 34.4 Å². The highest BCUT2D eigenvalue weighted by atomic mass is 16.3. The van der Waals surface area contributed by atoms with Crippen molar-refractivity contribution in [1.29, 1.82) is 0 Å². The summed E-state index contributed by atoms with van der Waals surface area (Å²) < 4.78 is 1.38. The third kappa shape index (κ3) is 2.31. The molecule has 2 aromatic heterocycles. The highest BCUT2D eigenvalue weighted by Crippen LogP contribution is 2.50. The van der Waals surface area contributed by atoms with E-state index in [1.54, 1.807) is 4.90 Å². The first-order chi connectivity index (χ1) is 13.6. The van der Waals surface area contributed by atoms with E-state index in [-0.39, 0.29) is 5.91 Å². The molecule has 10 heteroatoms. The molecule has 3 aromatic rings. The van der Waals surface area contributed by atoms with E-state index in [0.29, 0.717) is 37.3 Å². The summed E-state index contributed by atoms with van der Waals surface area (Å²) in [5.41, 5.74) is 8.40.